The van der Waals surface area contributed by atoms with Crippen LogP contribution in [-0.2, 0) is 22.6 Å². The number of benzene rings is 3. The van der Waals surface area contributed by atoms with Gasteiger partial charge in [-0.3, -0.25) is 34.2 Å². The zero-order chi connectivity index (χ0) is 34.2. The molecule has 1 fully saturated rings. The Bertz CT molecular complexity index is 2010. The van der Waals surface area contributed by atoms with Crippen molar-refractivity contribution in [2.75, 3.05) is 19.3 Å². The molecule has 1 saturated heterocycles. The molecule has 4 amide bonds. The van der Waals surface area contributed by atoms with Gasteiger partial charge in [-0.05, 0) is 92.4 Å². The van der Waals surface area contributed by atoms with Gasteiger partial charge in [-0.2, -0.15) is 0 Å². The van der Waals surface area contributed by atoms with Gasteiger partial charge in [0.15, 0.2) is 5.78 Å². The number of halogens is 1. The number of aromatic amines is 1. The van der Waals surface area contributed by atoms with E-state index in [2.05, 4.69) is 46.5 Å². The highest BCUT2D eigenvalue weighted by molar-refractivity contribution is 7.99. The first-order valence-electron chi connectivity index (χ1n) is 16.8. The lowest BCUT2D eigenvalue weighted by Gasteiger charge is -2.27. The average Bonchev–Trinajstić information content (AvgIpc) is 3.50. The molecule has 2 N–H and O–H groups in total. The fourth-order valence-corrected chi connectivity index (χ4v) is 8.34. The van der Waals surface area contributed by atoms with Gasteiger partial charge in [-0.1, -0.05) is 36.8 Å². The smallest absolute Gasteiger partial charge is 0.263 e. The third-order valence-electron chi connectivity index (χ3n) is 9.66. The van der Waals surface area contributed by atoms with Crippen molar-refractivity contribution in [1.82, 2.24) is 20.1 Å². The molecule has 3 heterocycles. The quantitative estimate of drug-likeness (QED) is 0.109. The van der Waals surface area contributed by atoms with Gasteiger partial charge in [-0.25, -0.2) is 4.39 Å². The molecule has 0 saturated carbocycles. The predicted molar refractivity (Wildman–Crippen MR) is 185 cm³/mol. The molecule has 1 aromatic heterocycles. The molecule has 4 aromatic rings. The average molecular weight is 681 g/mol. The number of thioether (sulfide) groups is 1. The van der Waals surface area contributed by atoms with Gasteiger partial charge in [0.1, 0.15) is 11.9 Å². The van der Waals surface area contributed by atoms with Crippen LogP contribution in [0, 0.1) is 5.82 Å². The number of aromatic nitrogens is 1. The summed E-state index contributed by atoms with van der Waals surface area (Å²) in [5.74, 6) is -1.57. The Labute approximate surface area is 287 Å². The van der Waals surface area contributed by atoms with Crippen LogP contribution >= 0.6 is 11.8 Å². The fraction of sp³-hybridized carbons (Fsp3) is 0.342. The van der Waals surface area contributed by atoms with Crippen molar-refractivity contribution in [3.8, 4) is 11.3 Å². The maximum Gasteiger partial charge on any atom is 0.263 e. The van der Waals surface area contributed by atoms with Crippen molar-refractivity contribution in [2.24, 2.45) is 0 Å². The van der Waals surface area contributed by atoms with Gasteiger partial charge in [0.25, 0.3) is 11.8 Å². The van der Waals surface area contributed by atoms with Crippen molar-refractivity contribution >= 4 is 52.1 Å². The van der Waals surface area contributed by atoms with Gasteiger partial charge in [0.2, 0.25) is 11.8 Å². The molecule has 2 aliphatic heterocycles. The second-order valence-corrected chi connectivity index (χ2v) is 14.2. The lowest BCUT2D eigenvalue weighted by atomic mass is 9.99. The van der Waals surface area contributed by atoms with E-state index in [0.717, 1.165) is 82.9 Å². The van der Waals surface area contributed by atoms with Gasteiger partial charge in [-0.15, -0.1) is 11.8 Å². The van der Waals surface area contributed by atoms with Gasteiger partial charge in [0.05, 0.1) is 11.1 Å². The van der Waals surface area contributed by atoms with Crippen LogP contribution in [0.2, 0.25) is 0 Å². The third kappa shape index (κ3) is 6.45. The first kappa shape index (κ1) is 32.9. The third-order valence-corrected chi connectivity index (χ3v) is 10.8. The number of amides is 4. The number of imide groups is 2. The lowest BCUT2D eigenvalue weighted by molar-refractivity contribution is -0.136. The molecule has 3 aromatic carbocycles. The molecule has 0 spiro atoms. The van der Waals surface area contributed by atoms with E-state index in [1.807, 2.05) is 6.07 Å². The number of rotatable bonds is 11. The summed E-state index contributed by atoms with van der Waals surface area (Å²) in [7, 11) is 2.10. The zero-order valence-corrected chi connectivity index (χ0v) is 28.1. The van der Waals surface area contributed by atoms with Crippen molar-refractivity contribution < 1.29 is 28.4 Å². The highest BCUT2D eigenvalue weighted by atomic mass is 32.2. The van der Waals surface area contributed by atoms with E-state index in [0.29, 0.717) is 28.6 Å². The topological polar surface area (TPSA) is 120 Å². The van der Waals surface area contributed by atoms with E-state index < -0.39 is 35.5 Å². The molecule has 1 atom stereocenters. The fourth-order valence-electron chi connectivity index (χ4n) is 7.26. The number of aryl methyl sites for hydroxylation is 1. The van der Waals surface area contributed by atoms with Gasteiger partial charge in [0, 0.05) is 46.4 Å². The van der Waals surface area contributed by atoms with E-state index in [-0.39, 0.29) is 18.6 Å². The van der Waals surface area contributed by atoms with Crippen LogP contribution in [0.1, 0.15) is 87.1 Å². The Morgan fingerprint density at radius 2 is 1.73 bits per heavy atom. The first-order valence-corrected chi connectivity index (χ1v) is 17.8. The monoisotopic (exact) mass is 680 g/mol. The van der Waals surface area contributed by atoms with Crippen LogP contribution in [0.5, 0.6) is 0 Å². The van der Waals surface area contributed by atoms with Crippen molar-refractivity contribution in [3.05, 3.63) is 88.2 Å². The minimum atomic E-state index is -0.970. The molecule has 1 aliphatic carbocycles. The summed E-state index contributed by atoms with van der Waals surface area (Å²) in [6.07, 6.45) is 5.15. The summed E-state index contributed by atoms with van der Waals surface area (Å²) < 4.78 is 14.3. The summed E-state index contributed by atoms with van der Waals surface area (Å²) in [5.41, 5.74) is 6.06. The predicted octanol–water partition coefficient (Wildman–Crippen LogP) is 6.29. The molecule has 11 heteroatoms. The van der Waals surface area contributed by atoms with E-state index >= 15 is 0 Å². The summed E-state index contributed by atoms with van der Waals surface area (Å²) >= 11 is 1.55. The Morgan fingerprint density at radius 3 is 2.53 bits per heavy atom. The number of nitrogens with zero attached hydrogens (tertiary/aromatic N) is 2. The number of Topliss-reactive ketones (excluding diaryl/α,β-unsaturated/α-hetero) is 1. The number of hydrogen-bond acceptors (Lipinski definition) is 7. The molecule has 49 heavy (non-hydrogen) atoms. The molecule has 0 radical (unpaired) electrons. The normalized spacial score (nSPS) is 17.7. The first-order chi connectivity index (χ1) is 23.7. The maximum atomic E-state index is 14.3. The molecule has 1 unspecified atom stereocenters. The maximum absolute atomic E-state index is 14.3. The summed E-state index contributed by atoms with van der Waals surface area (Å²) in [4.78, 5) is 70.4. The highest BCUT2D eigenvalue weighted by Crippen LogP contribution is 2.37. The van der Waals surface area contributed by atoms with E-state index in [9.17, 15) is 28.4 Å². The second-order valence-electron chi connectivity index (χ2n) is 13.1. The molecule has 7 rings (SSSR count). The number of carbonyl (C=O) groups excluding carboxylic acids is 5. The second kappa shape index (κ2) is 13.7. The van der Waals surface area contributed by atoms with Crippen LogP contribution in [0.3, 0.4) is 0 Å². The minimum absolute atomic E-state index is 0.000402. The van der Waals surface area contributed by atoms with Crippen LogP contribution in [0.25, 0.3) is 22.2 Å². The number of ketones is 1. The van der Waals surface area contributed by atoms with Crippen molar-refractivity contribution in [1.29, 1.82) is 0 Å². The van der Waals surface area contributed by atoms with Crippen LogP contribution in [0.4, 0.5) is 4.39 Å². The summed E-state index contributed by atoms with van der Waals surface area (Å²) in [5, 5.41) is 3.09. The van der Waals surface area contributed by atoms with E-state index in [1.165, 1.54) is 17.7 Å². The number of nitrogens with one attached hydrogen (secondary N) is 2. The van der Waals surface area contributed by atoms with Crippen LogP contribution < -0.4 is 5.32 Å². The molecule has 9 nitrogen and oxygen atoms in total. The van der Waals surface area contributed by atoms with Crippen LogP contribution in [0.15, 0.2) is 59.5 Å². The van der Waals surface area contributed by atoms with Gasteiger partial charge < -0.3 is 9.88 Å². The van der Waals surface area contributed by atoms with E-state index in [4.69, 9.17) is 0 Å². The van der Waals surface area contributed by atoms with Crippen molar-refractivity contribution in [3.63, 3.8) is 0 Å². The highest BCUT2D eigenvalue weighted by Gasteiger charge is 2.45. The number of piperidine rings is 1. The summed E-state index contributed by atoms with van der Waals surface area (Å²) in [6, 6.07) is 15.5. The Kier molecular flexibility index (Phi) is 9.21. The Morgan fingerprint density at radius 1 is 0.918 bits per heavy atom. The number of carbonyl (C=O) groups is 5. The molecule has 252 valence electrons. The largest absolute Gasteiger partial charge is 0.354 e. The number of fused-ring (bicyclic) bond motifs is 1. The SMILES string of the molecule is CN(CCCCCSc1cccc2c1C(=O)N(C1CCC(=O)NC1=O)C2=O)Cc1ccc(-c2[nH]c3cc(F)cc4c3c2CCCC4=O)cc1. The molecule has 0 bridgehead atoms. The molecular formula is C38H37FN4O5S. The molecular weight excluding hydrogens is 644 g/mol. The Hall–Kier alpha value is -4.61. The number of hydrogen-bond donors (Lipinski definition) is 2. The van der Waals surface area contributed by atoms with Crippen molar-refractivity contribution in [2.45, 2.75) is 68.8 Å². The van der Waals surface area contributed by atoms with Crippen LogP contribution in [-0.4, -0.2) is 69.6 Å². The number of H-pyrrole nitrogens is 1. The van der Waals surface area contributed by atoms with Gasteiger partial charge >= 0.3 is 0 Å². The Balaban J connectivity index is 0.896. The zero-order valence-electron chi connectivity index (χ0n) is 27.3. The van der Waals surface area contributed by atoms with E-state index in [1.54, 1.807) is 23.9 Å². The lowest BCUT2D eigenvalue weighted by Crippen LogP contribution is -2.54. The molecule has 3 aliphatic rings. The number of unbranched alkanes of at least 4 members (excludes halogenated alkanes) is 2. The standard InChI is InChI=1S/C38H37FN4O5S/c1-42(21-22-11-13-23(14-12-22)35-25-7-5-9-30(44)27-19-24(39)20-28(40-35)33(25)27)17-3-2-4-18-49-31-10-6-8-26-34(31)38(48)43(37(26)47)29-15-16-32(45)41-36(29)46/h6,8,10-14,19-20,29,40H,2-5,7,9,15-18,21H2,1H3,(H,41,45,46). The minimum Gasteiger partial charge on any atom is -0.354 e. The summed E-state index contributed by atoms with van der Waals surface area (Å²) in [6.45, 7) is 1.73.